The monoisotopic (exact) mass is 320 g/mol. The van der Waals surface area contributed by atoms with Crippen LogP contribution in [0.5, 0.6) is 0 Å². The summed E-state index contributed by atoms with van der Waals surface area (Å²) in [6.07, 6.45) is 1.94. The van der Waals surface area contributed by atoms with Crippen LogP contribution in [0.2, 0.25) is 4.34 Å². The Hall–Kier alpha value is -1.09. The van der Waals surface area contributed by atoms with Gasteiger partial charge in [-0.3, -0.25) is 0 Å². The third-order valence-electron chi connectivity index (χ3n) is 2.46. The highest BCUT2D eigenvalue weighted by molar-refractivity contribution is 7.89. The van der Waals surface area contributed by atoms with Crippen molar-refractivity contribution >= 4 is 38.8 Å². The maximum Gasteiger partial charge on any atom is 0.260 e. The Morgan fingerprint density at radius 1 is 1.53 bits per heavy atom. The molecule has 0 unspecified atom stereocenters. The fraction of sp³-hybridized carbons (Fsp3) is 0.300. The van der Waals surface area contributed by atoms with E-state index in [0.29, 0.717) is 10.8 Å². The number of nitrogen functional groups attached to an aromatic ring is 1. The summed E-state index contributed by atoms with van der Waals surface area (Å²) in [5.74, 6) is -0.00540. The number of sulfonamides is 1. The molecule has 0 saturated heterocycles. The zero-order chi connectivity index (χ0) is 14.0. The van der Waals surface area contributed by atoms with Gasteiger partial charge in [-0.2, -0.15) is 0 Å². The van der Waals surface area contributed by atoms with Gasteiger partial charge in [0.2, 0.25) is 0 Å². The molecule has 19 heavy (non-hydrogen) atoms. The molecule has 0 amide bonds. The molecule has 0 atom stereocenters. The number of hydrogen-bond donors (Lipinski definition) is 2. The van der Waals surface area contributed by atoms with Crippen LogP contribution in [0.25, 0.3) is 0 Å². The topological polar surface area (TPSA) is 90.0 Å². The van der Waals surface area contributed by atoms with Gasteiger partial charge < -0.3 is 10.3 Å². The van der Waals surface area contributed by atoms with Gasteiger partial charge in [0.05, 0.1) is 10.7 Å². The van der Waals surface area contributed by atoms with E-state index in [1.165, 1.54) is 22.2 Å². The Labute approximate surface area is 120 Å². The third kappa shape index (κ3) is 3.27. The summed E-state index contributed by atoms with van der Waals surface area (Å²) in [6.45, 7) is 0.282. The largest absolute Gasteiger partial charge is 0.381 e. The van der Waals surface area contributed by atoms with Crippen LogP contribution in [0.1, 0.15) is 4.88 Å². The lowest BCUT2D eigenvalue weighted by Gasteiger charge is -2.07. The molecule has 0 spiro atoms. The third-order valence-corrected chi connectivity index (χ3v) is 5.34. The van der Waals surface area contributed by atoms with Crippen molar-refractivity contribution in [2.45, 2.75) is 11.4 Å². The normalized spacial score (nSPS) is 11.9. The molecule has 0 bridgehead atoms. The average Bonchev–Trinajstić information content (AvgIpc) is 2.86. The number of thiophene rings is 1. The first-order chi connectivity index (χ1) is 8.90. The molecule has 0 saturated carbocycles. The van der Waals surface area contributed by atoms with E-state index in [4.69, 9.17) is 17.3 Å². The van der Waals surface area contributed by atoms with Gasteiger partial charge in [-0.25, -0.2) is 18.1 Å². The summed E-state index contributed by atoms with van der Waals surface area (Å²) in [4.78, 5) is 4.78. The minimum Gasteiger partial charge on any atom is -0.381 e. The number of anilines is 1. The molecule has 2 aromatic heterocycles. The molecule has 0 radical (unpaired) electrons. The number of rotatable bonds is 5. The molecule has 9 heteroatoms. The van der Waals surface area contributed by atoms with E-state index in [0.717, 1.165) is 4.88 Å². The summed E-state index contributed by atoms with van der Waals surface area (Å²) in [7, 11) is -2.06. The van der Waals surface area contributed by atoms with Crippen LogP contribution in [-0.4, -0.2) is 24.5 Å². The van der Waals surface area contributed by atoms with Crippen LogP contribution < -0.4 is 10.5 Å². The van der Waals surface area contributed by atoms with Gasteiger partial charge in [0, 0.05) is 18.5 Å². The first-order valence-electron chi connectivity index (χ1n) is 5.41. The van der Waals surface area contributed by atoms with E-state index in [9.17, 15) is 8.42 Å². The summed E-state index contributed by atoms with van der Waals surface area (Å²) < 4.78 is 28.7. The van der Waals surface area contributed by atoms with Crippen LogP contribution >= 0.6 is 22.9 Å². The minimum absolute atomic E-state index is 0.00540. The molecule has 3 N–H and O–H groups in total. The quantitative estimate of drug-likeness (QED) is 0.867. The van der Waals surface area contributed by atoms with Crippen molar-refractivity contribution in [3.05, 3.63) is 27.7 Å². The molecular weight excluding hydrogens is 308 g/mol. The minimum atomic E-state index is -3.64. The molecular formula is C10H13ClN4O2S2. The predicted octanol–water partition coefficient (Wildman–Crippen LogP) is 1.24. The Morgan fingerprint density at radius 2 is 2.26 bits per heavy atom. The lowest BCUT2D eigenvalue weighted by atomic mass is 10.3. The number of nitrogens with one attached hydrogen (secondary N) is 1. The first-order valence-corrected chi connectivity index (χ1v) is 8.08. The van der Waals surface area contributed by atoms with Crippen molar-refractivity contribution in [3.8, 4) is 0 Å². The molecule has 0 fully saturated rings. The van der Waals surface area contributed by atoms with Crippen molar-refractivity contribution in [1.29, 1.82) is 0 Å². The molecule has 104 valence electrons. The van der Waals surface area contributed by atoms with E-state index < -0.39 is 10.0 Å². The lowest BCUT2D eigenvalue weighted by molar-refractivity contribution is 0.572. The highest BCUT2D eigenvalue weighted by Crippen LogP contribution is 2.21. The van der Waals surface area contributed by atoms with Gasteiger partial charge in [0.25, 0.3) is 10.0 Å². The summed E-state index contributed by atoms with van der Waals surface area (Å²) in [5, 5.41) is -0.0169. The summed E-state index contributed by atoms with van der Waals surface area (Å²) >= 11 is 7.23. The second-order valence-corrected chi connectivity index (χ2v) is 7.38. The number of imidazole rings is 1. The van der Waals surface area contributed by atoms with Crippen LogP contribution in [0.3, 0.4) is 0 Å². The van der Waals surface area contributed by atoms with E-state index in [2.05, 4.69) is 9.71 Å². The molecule has 2 heterocycles. The standard InChI is InChI=1S/C10H13ClN4O2S2/c1-15-6-13-9(12)10(15)19(16,17)14-5-4-7-2-3-8(11)18-7/h2-3,6,14H,4-5,12H2,1H3. The molecule has 0 aliphatic rings. The molecule has 2 aromatic rings. The fourth-order valence-corrected chi connectivity index (χ4v) is 3.98. The van der Waals surface area contributed by atoms with Gasteiger partial charge >= 0.3 is 0 Å². The van der Waals surface area contributed by atoms with Crippen LogP contribution in [-0.2, 0) is 23.5 Å². The Kier molecular flexibility index (Phi) is 4.14. The van der Waals surface area contributed by atoms with E-state index in [1.807, 2.05) is 6.07 Å². The zero-order valence-electron chi connectivity index (χ0n) is 10.1. The fourth-order valence-electron chi connectivity index (χ4n) is 1.63. The van der Waals surface area contributed by atoms with Crippen molar-refractivity contribution in [1.82, 2.24) is 14.3 Å². The van der Waals surface area contributed by atoms with Crippen molar-refractivity contribution in [2.24, 2.45) is 7.05 Å². The molecule has 0 aliphatic heterocycles. The van der Waals surface area contributed by atoms with E-state index in [-0.39, 0.29) is 17.4 Å². The molecule has 0 aliphatic carbocycles. The van der Waals surface area contributed by atoms with Gasteiger partial charge in [-0.1, -0.05) is 11.6 Å². The van der Waals surface area contributed by atoms with Crippen molar-refractivity contribution in [3.63, 3.8) is 0 Å². The number of nitrogens with zero attached hydrogens (tertiary/aromatic N) is 2. The van der Waals surface area contributed by atoms with Gasteiger partial charge in [0.1, 0.15) is 0 Å². The van der Waals surface area contributed by atoms with Gasteiger partial charge in [0.15, 0.2) is 10.8 Å². The maximum absolute atomic E-state index is 12.1. The van der Waals surface area contributed by atoms with Crippen LogP contribution in [0, 0.1) is 0 Å². The predicted molar refractivity (Wildman–Crippen MR) is 75.8 cm³/mol. The first kappa shape index (κ1) is 14.3. The maximum atomic E-state index is 12.1. The average molecular weight is 321 g/mol. The number of aryl methyl sites for hydroxylation is 1. The van der Waals surface area contributed by atoms with Crippen LogP contribution in [0.15, 0.2) is 23.5 Å². The van der Waals surface area contributed by atoms with Gasteiger partial charge in [-0.15, -0.1) is 11.3 Å². The van der Waals surface area contributed by atoms with Crippen molar-refractivity contribution < 1.29 is 8.42 Å². The number of nitrogens with two attached hydrogens (primary N) is 1. The summed E-state index contributed by atoms with van der Waals surface area (Å²) in [6, 6.07) is 3.66. The highest BCUT2D eigenvalue weighted by Gasteiger charge is 2.21. The number of hydrogen-bond acceptors (Lipinski definition) is 5. The number of halogens is 1. The van der Waals surface area contributed by atoms with Crippen LogP contribution in [0.4, 0.5) is 5.82 Å². The molecule has 2 rings (SSSR count). The molecule has 0 aromatic carbocycles. The van der Waals surface area contributed by atoms with E-state index in [1.54, 1.807) is 13.1 Å². The Balaban J connectivity index is 2.03. The second kappa shape index (κ2) is 5.49. The number of aromatic nitrogens is 2. The zero-order valence-corrected chi connectivity index (χ0v) is 12.5. The SMILES string of the molecule is Cn1cnc(N)c1S(=O)(=O)NCCc1ccc(Cl)s1. The Bertz CT molecular complexity index is 658. The van der Waals surface area contributed by atoms with E-state index >= 15 is 0 Å². The highest BCUT2D eigenvalue weighted by atomic mass is 35.5. The second-order valence-electron chi connectivity index (χ2n) is 3.90. The summed E-state index contributed by atoms with van der Waals surface area (Å²) in [5.41, 5.74) is 5.55. The smallest absolute Gasteiger partial charge is 0.260 e. The lowest BCUT2D eigenvalue weighted by Crippen LogP contribution is -2.28. The molecule has 6 nitrogen and oxygen atoms in total. The Morgan fingerprint density at radius 3 is 2.79 bits per heavy atom. The van der Waals surface area contributed by atoms with Crippen molar-refractivity contribution in [2.75, 3.05) is 12.3 Å². The van der Waals surface area contributed by atoms with Gasteiger partial charge in [-0.05, 0) is 18.6 Å².